The number of carbonyl (C=O) groups is 4. The molecule has 0 N–H and O–H groups in total. The molecular formula is C15H16O6. The third kappa shape index (κ3) is 3.09. The van der Waals surface area contributed by atoms with Crippen LogP contribution in [0.15, 0.2) is 16.5 Å². The highest BCUT2D eigenvalue weighted by atomic mass is 16.5. The topological polar surface area (TPSA) is 90.7 Å². The molecule has 0 aliphatic heterocycles. The number of aryl methyl sites for hydroxylation is 1. The summed E-state index contributed by atoms with van der Waals surface area (Å²) in [5.74, 6) is -3.94. The largest absolute Gasteiger partial charge is 0.466 e. The van der Waals surface area contributed by atoms with Gasteiger partial charge in [0.1, 0.15) is 11.7 Å². The number of hydrogen-bond acceptors (Lipinski definition) is 6. The van der Waals surface area contributed by atoms with Crippen LogP contribution in [0, 0.1) is 18.8 Å². The van der Waals surface area contributed by atoms with Gasteiger partial charge in [-0.05, 0) is 26.0 Å². The molecule has 21 heavy (non-hydrogen) atoms. The molecule has 2 rings (SSSR count). The van der Waals surface area contributed by atoms with E-state index in [0.717, 1.165) is 0 Å². The van der Waals surface area contributed by atoms with Gasteiger partial charge in [-0.1, -0.05) is 0 Å². The zero-order valence-corrected chi connectivity index (χ0v) is 11.9. The third-order valence-electron chi connectivity index (χ3n) is 3.40. The molecule has 0 unspecified atom stereocenters. The number of esters is 1. The summed E-state index contributed by atoms with van der Waals surface area (Å²) in [4.78, 5) is 47.9. The standard InChI is InChI=1S/C15H16O6/c1-3-20-15(19)9-6-10(16)13(11(17)7-9)14(18)12-5-4-8(2)21-12/h4-5,9,13H,3,6-7H2,1-2H3. The van der Waals surface area contributed by atoms with Crippen LogP contribution in [0.4, 0.5) is 0 Å². The molecule has 6 nitrogen and oxygen atoms in total. The zero-order chi connectivity index (χ0) is 15.6. The monoisotopic (exact) mass is 292 g/mol. The smallest absolute Gasteiger partial charge is 0.309 e. The number of ketones is 3. The first-order valence-electron chi connectivity index (χ1n) is 6.76. The predicted molar refractivity (Wildman–Crippen MR) is 70.6 cm³/mol. The van der Waals surface area contributed by atoms with Crippen molar-refractivity contribution in [3.63, 3.8) is 0 Å². The fraction of sp³-hybridized carbons (Fsp3) is 0.467. The van der Waals surface area contributed by atoms with Gasteiger partial charge in [0.2, 0.25) is 5.78 Å². The molecule has 1 saturated carbocycles. The summed E-state index contributed by atoms with van der Waals surface area (Å²) in [6, 6.07) is 3.03. The number of ether oxygens (including phenoxy) is 1. The Kier molecular flexibility index (Phi) is 4.35. The minimum absolute atomic E-state index is 0.00575. The molecule has 112 valence electrons. The molecule has 1 aliphatic rings. The number of furan rings is 1. The summed E-state index contributed by atoms with van der Waals surface area (Å²) < 4.78 is 9.98. The third-order valence-corrected chi connectivity index (χ3v) is 3.40. The first-order chi connectivity index (χ1) is 9.93. The van der Waals surface area contributed by atoms with E-state index in [1.54, 1.807) is 19.9 Å². The van der Waals surface area contributed by atoms with Gasteiger partial charge in [0.05, 0.1) is 12.5 Å². The number of Topliss-reactive ketones (excluding diaryl/α,β-unsaturated/α-hetero) is 3. The van der Waals surface area contributed by atoms with E-state index in [9.17, 15) is 19.2 Å². The molecule has 0 amide bonds. The van der Waals surface area contributed by atoms with E-state index in [-0.39, 0.29) is 25.2 Å². The molecular weight excluding hydrogens is 276 g/mol. The fourth-order valence-corrected chi connectivity index (χ4v) is 2.40. The molecule has 0 atom stereocenters. The van der Waals surface area contributed by atoms with Crippen molar-refractivity contribution in [3.8, 4) is 0 Å². The Hall–Kier alpha value is -2.24. The second kappa shape index (κ2) is 6.03. The summed E-state index contributed by atoms with van der Waals surface area (Å²) in [6.07, 6.45) is -0.304. The van der Waals surface area contributed by atoms with Gasteiger partial charge in [0.15, 0.2) is 17.3 Å². The SMILES string of the molecule is CCOC(=O)C1CC(=O)C(C(=O)c2ccc(C)o2)C(=O)C1. The van der Waals surface area contributed by atoms with Crippen molar-refractivity contribution in [1.82, 2.24) is 0 Å². The average molecular weight is 292 g/mol. The van der Waals surface area contributed by atoms with E-state index < -0.39 is 35.2 Å². The molecule has 0 aromatic carbocycles. The Labute approximate surface area is 121 Å². The molecule has 1 aromatic rings. The van der Waals surface area contributed by atoms with E-state index in [2.05, 4.69) is 0 Å². The predicted octanol–water partition coefficient (Wildman–Crippen LogP) is 1.50. The minimum atomic E-state index is -1.36. The Morgan fingerprint density at radius 2 is 1.86 bits per heavy atom. The lowest BCUT2D eigenvalue weighted by Crippen LogP contribution is -2.41. The lowest BCUT2D eigenvalue weighted by atomic mass is 9.77. The van der Waals surface area contributed by atoms with Gasteiger partial charge in [-0.25, -0.2) is 0 Å². The van der Waals surface area contributed by atoms with E-state index >= 15 is 0 Å². The second-order valence-corrected chi connectivity index (χ2v) is 5.00. The van der Waals surface area contributed by atoms with Gasteiger partial charge in [0, 0.05) is 12.8 Å². The molecule has 1 aromatic heterocycles. The van der Waals surface area contributed by atoms with Crippen LogP contribution in [0.3, 0.4) is 0 Å². The summed E-state index contributed by atoms with van der Waals surface area (Å²) >= 11 is 0. The quantitative estimate of drug-likeness (QED) is 0.474. The highest BCUT2D eigenvalue weighted by molar-refractivity contribution is 6.25. The van der Waals surface area contributed by atoms with E-state index in [4.69, 9.17) is 9.15 Å². The Bertz CT molecular complexity index is 579. The molecule has 6 heteroatoms. The van der Waals surface area contributed by atoms with Crippen LogP contribution < -0.4 is 0 Å². The van der Waals surface area contributed by atoms with E-state index in [1.165, 1.54) is 6.07 Å². The molecule has 0 saturated heterocycles. The van der Waals surface area contributed by atoms with Gasteiger partial charge < -0.3 is 9.15 Å². The molecule has 0 radical (unpaired) electrons. The summed E-state index contributed by atoms with van der Waals surface area (Å²) in [5, 5.41) is 0. The van der Waals surface area contributed by atoms with Crippen molar-refractivity contribution in [2.45, 2.75) is 26.7 Å². The average Bonchev–Trinajstić information content (AvgIpc) is 2.84. The molecule has 1 fully saturated rings. The molecule has 0 spiro atoms. The van der Waals surface area contributed by atoms with Crippen LogP contribution >= 0.6 is 0 Å². The Morgan fingerprint density at radius 1 is 1.24 bits per heavy atom. The molecule has 1 aliphatic carbocycles. The fourth-order valence-electron chi connectivity index (χ4n) is 2.40. The number of hydrogen-bond donors (Lipinski definition) is 0. The maximum Gasteiger partial charge on any atom is 0.309 e. The Balaban J connectivity index is 2.13. The minimum Gasteiger partial charge on any atom is -0.466 e. The van der Waals surface area contributed by atoms with Gasteiger partial charge >= 0.3 is 5.97 Å². The van der Waals surface area contributed by atoms with Crippen LogP contribution in [-0.4, -0.2) is 29.9 Å². The molecule has 1 heterocycles. The van der Waals surface area contributed by atoms with Crippen LogP contribution in [0.25, 0.3) is 0 Å². The summed E-state index contributed by atoms with van der Waals surface area (Å²) in [5.41, 5.74) is 0. The van der Waals surface area contributed by atoms with Gasteiger partial charge in [0.25, 0.3) is 0 Å². The normalized spacial score (nSPS) is 22.2. The first kappa shape index (κ1) is 15.2. The van der Waals surface area contributed by atoms with E-state index in [1.807, 2.05) is 0 Å². The summed E-state index contributed by atoms with van der Waals surface area (Å²) in [7, 11) is 0. The first-order valence-corrected chi connectivity index (χ1v) is 6.76. The summed E-state index contributed by atoms with van der Waals surface area (Å²) in [6.45, 7) is 3.50. The highest BCUT2D eigenvalue weighted by Crippen LogP contribution is 2.27. The number of rotatable bonds is 4. The van der Waals surface area contributed by atoms with Crippen molar-refractivity contribution in [2.24, 2.45) is 11.8 Å². The zero-order valence-electron chi connectivity index (χ0n) is 11.9. The van der Waals surface area contributed by atoms with Gasteiger partial charge in [-0.3, -0.25) is 19.2 Å². The maximum atomic E-state index is 12.2. The van der Waals surface area contributed by atoms with Crippen LogP contribution in [0.2, 0.25) is 0 Å². The van der Waals surface area contributed by atoms with Crippen LogP contribution in [-0.2, 0) is 19.1 Å². The number of carbonyl (C=O) groups excluding carboxylic acids is 4. The van der Waals surface area contributed by atoms with Crippen LogP contribution in [0.1, 0.15) is 36.1 Å². The van der Waals surface area contributed by atoms with Gasteiger partial charge in [-0.15, -0.1) is 0 Å². The molecule has 0 bridgehead atoms. The second-order valence-electron chi connectivity index (χ2n) is 5.00. The highest BCUT2D eigenvalue weighted by Gasteiger charge is 2.43. The Morgan fingerprint density at radius 3 is 2.33 bits per heavy atom. The van der Waals surface area contributed by atoms with Gasteiger partial charge in [-0.2, -0.15) is 0 Å². The van der Waals surface area contributed by atoms with E-state index in [0.29, 0.717) is 5.76 Å². The van der Waals surface area contributed by atoms with Crippen molar-refractivity contribution in [2.75, 3.05) is 6.61 Å². The lowest BCUT2D eigenvalue weighted by molar-refractivity contribution is -0.154. The van der Waals surface area contributed by atoms with Crippen molar-refractivity contribution in [3.05, 3.63) is 23.7 Å². The van der Waals surface area contributed by atoms with Crippen molar-refractivity contribution < 1.29 is 28.3 Å². The maximum absolute atomic E-state index is 12.2. The lowest BCUT2D eigenvalue weighted by Gasteiger charge is -2.23. The van der Waals surface area contributed by atoms with Crippen molar-refractivity contribution >= 4 is 23.3 Å². The van der Waals surface area contributed by atoms with Crippen molar-refractivity contribution in [1.29, 1.82) is 0 Å². The van der Waals surface area contributed by atoms with Crippen LogP contribution in [0.5, 0.6) is 0 Å².